The van der Waals surface area contributed by atoms with E-state index in [4.69, 9.17) is 24.8 Å². The zero-order valence-electron chi connectivity index (χ0n) is 23.1. The monoisotopic (exact) mass is 555 g/mol. The highest BCUT2D eigenvalue weighted by Gasteiger charge is 2.31. The molecule has 216 valence electrons. The maximum atomic E-state index is 13.1. The number of hydrogen-bond donors (Lipinski definition) is 2. The van der Waals surface area contributed by atoms with Crippen molar-refractivity contribution in [3.05, 3.63) is 71.3 Å². The highest BCUT2D eigenvalue weighted by molar-refractivity contribution is 5.99. The van der Waals surface area contributed by atoms with E-state index < -0.39 is 41.7 Å². The van der Waals surface area contributed by atoms with Gasteiger partial charge in [-0.25, -0.2) is 19.2 Å². The van der Waals surface area contributed by atoms with Crippen LogP contribution in [-0.4, -0.2) is 60.3 Å². The molecule has 1 aliphatic rings. The van der Waals surface area contributed by atoms with Crippen LogP contribution in [0.4, 0.5) is 4.79 Å². The fraction of sp³-hybridized carbons (Fsp3) is 0.448. The molecule has 11 nitrogen and oxygen atoms in total. The largest absolute Gasteiger partial charge is 0.458 e. The lowest BCUT2D eigenvalue weighted by atomic mass is 10.1. The number of nitrogens with zero attached hydrogens (tertiary/aromatic N) is 1. The Labute approximate surface area is 233 Å². The number of nitrogens with two attached hydrogens (primary N) is 1. The molecule has 1 fully saturated rings. The summed E-state index contributed by atoms with van der Waals surface area (Å²) in [6.07, 6.45) is 0.937. The van der Waals surface area contributed by atoms with Crippen LogP contribution in [0.25, 0.3) is 0 Å². The van der Waals surface area contributed by atoms with Gasteiger partial charge in [0.05, 0.1) is 5.56 Å². The maximum absolute atomic E-state index is 13.1. The molecule has 1 saturated heterocycles. The van der Waals surface area contributed by atoms with Crippen LogP contribution in [0, 0.1) is 0 Å². The standard InChI is InChI=1S/C29H37N3O8/c1-29(2,3)39-27(35)24(40-32-15-8-5-9-16-32)21-13-10-14-22(17-21)25(33)38-26(34)23(18-30)31-28(36)37-19-20-11-6-4-7-12-20/h4,6-7,10-14,17,23-24H,5,8-9,15-16,18-19,30H2,1-3H3,(H,31,36). The van der Waals surface area contributed by atoms with Crippen LogP contribution >= 0.6 is 0 Å². The van der Waals surface area contributed by atoms with Gasteiger partial charge >= 0.3 is 24.0 Å². The maximum Gasteiger partial charge on any atom is 0.408 e. The average molecular weight is 556 g/mol. The van der Waals surface area contributed by atoms with Gasteiger partial charge < -0.3 is 25.3 Å². The first kappa shape index (κ1) is 30.7. The number of rotatable bonds is 10. The second-order valence-electron chi connectivity index (χ2n) is 10.3. The molecule has 1 heterocycles. The third kappa shape index (κ3) is 9.74. The van der Waals surface area contributed by atoms with Gasteiger partial charge in [0, 0.05) is 19.6 Å². The topological polar surface area (TPSA) is 146 Å². The van der Waals surface area contributed by atoms with Crippen molar-refractivity contribution in [3.63, 3.8) is 0 Å². The van der Waals surface area contributed by atoms with Gasteiger partial charge in [0.25, 0.3) is 0 Å². The quantitative estimate of drug-likeness (QED) is 0.254. The molecule has 11 heteroatoms. The number of amides is 1. The zero-order chi connectivity index (χ0) is 29.1. The van der Waals surface area contributed by atoms with E-state index in [-0.39, 0.29) is 18.7 Å². The van der Waals surface area contributed by atoms with Gasteiger partial charge in [0.1, 0.15) is 18.2 Å². The second-order valence-corrected chi connectivity index (χ2v) is 10.3. The van der Waals surface area contributed by atoms with Gasteiger partial charge in [-0.1, -0.05) is 48.9 Å². The van der Waals surface area contributed by atoms with Crippen molar-refractivity contribution in [2.75, 3.05) is 19.6 Å². The van der Waals surface area contributed by atoms with Crippen LogP contribution < -0.4 is 11.1 Å². The van der Waals surface area contributed by atoms with E-state index in [9.17, 15) is 19.2 Å². The predicted molar refractivity (Wildman–Crippen MR) is 145 cm³/mol. The Morgan fingerprint density at radius 1 is 0.950 bits per heavy atom. The van der Waals surface area contributed by atoms with Crippen LogP contribution in [0.15, 0.2) is 54.6 Å². The molecule has 0 saturated carbocycles. The van der Waals surface area contributed by atoms with Gasteiger partial charge in [0.2, 0.25) is 6.10 Å². The summed E-state index contributed by atoms with van der Waals surface area (Å²) in [6.45, 7) is 6.25. The van der Waals surface area contributed by atoms with E-state index >= 15 is 0 Å². The van der Waals surface area contributed by atoms with Crippen LogP contribution in [0.5, 0.6) is 0 Å². The molecule has 0 radical (unpaired) electrons. The molecule has 3 rings (SSSR count). The van der Waals surface area contributed by atoms with Gasteiger partial charge in [-0.3, -0.25) is 4.84 Å². The molecule has 1 amide bonds. The Morgan fingerprint density at radius 2 is 1.65 bits per heavy atom. The van der Waals surface area contributed by atoms with Gasteiger partial charge in [-0.2, -0.15) is 5.06 Å². The number of alkyl carbamates (subject to hydrolysis) is 1. The van der Waals surface area contributed by atoms with Crippen LogP contribution in [0.3, 0.4) is 0 Å². The molecule has 0 aromatic heterocycles. The SMILES string of the molecule is CC(C)(C)OC(=O)C(ON1CCCCC1)c1cccc(C(=O)OC(=O)C(CN)NC(=O)OCc2ccccc2)c1. The Hall–Kier alpha value is -3.80. The first-order valence-corrected chi connectivity index (χ1v) is 13.2. The summed E-state index contributed by atoms with van der Waals surface area (Å²) in [4.78, 5) is 56.7. The summed E-state index contributed by atoms with van der Waals surface area (Å²) < 4.78 is 15.6. The van der Waals surface area contributed by atoms with Crippen molar-refractivity contribution in [2.24, 2.45) is 5.73 Å². The van der Waals surface area contributed by atoms with Crippen LogP contribution in [0.1, 0.15) is 67.6 Å². The number of piperidine rings is 1. The smallest absolute Gasteiger partial charge is 0.408 e. The minimum Gasteiger partial charge on any atom is -0.458 e. The first-order valence-electron chi connectivity index (χ1n) is 13.2. The van der Waals surface area contributed by atoms with E-state index in [1.165, 1.54) is 12.1 Å². The molecule has 2 aromatic rings. The Balaban J connectivity index is 1.66. The number of nitrogens with one attached hydrogen (secondary N) is 1. The predicted octanol–water partition coefficient (Wildman–Crippen LogP) is 3.42. The third-order valence-electron chi connectivity index (χ3n) is 5.83. The molecule has 3 N–H and O–H groups in total. The highest BCUT2D eigenvalue weighted by atomic mass is 16.7. The van der Waals surface area contributed by atoms with E-state index in [0.29, 0.717) is 18.7 Å². The molecular formula is C29H37N3O8. The average Bonchev–Trinajstić information content (AvgIpc) is 2.93. The number of carbonyl (C=O) groups is 4. The number of carbonyl (C=O) groups excluding carboxylic acids is 4. The molecule has 2 aromatic carbocycles. The Bertz CT molecular complexity index is 1160. The minimum absolute atomic E-state index is 0.00378. The van der Waals surface area contributed by atoms with E-state index in [1.54, 1.807) is 62.2 Å². The number of hydrogen-bond acceptors (Lipinski definition) is 10. The highest BCUT2D eigenvalue weighted by Crippen LogP contribution is 2.26. The molecule has 0 spiro atoms. The van der Waals surface area contributed by atoms with E-state index in [2.05, 4.69) is 5.32 Å². The number of ether oxygens (including phenoxy) is 3. The first-order chi connectivity index (χ1) is 19.1. The van der Waals surface area contributed by atoms with Crippen LogP contribution in [-0.2, 0) is 35.2 Å². The lowest BCUT2D eigenvalue weighted by Crippen LogP contribution is -2.47. The summed E-state index contributed by atoms with van der Waals surface area (Å²) in [7, 11) is 0. The molecule has 40 heavy (non-hydrogen) atoms. The van der Waals surface area contributed by atoms with Crippen molar-refractivity contribution in [1.29, 1.82) is 0 Å². The number of hydroxylamine groups is 2. The lowest BCUT2D eigenvalue weighted by Gasteiger charge is -2.31. The van der Waals surface area contributed by atoms with E-state index in [0.717, 1.165) is 24.8 Å². The summed E-state index contributed by atoms with van der Waals surface area (Å²) in [5.41, 5.74) is 5.99. The molecule has 2 atom stereocenters. The second kappa shape index (κ2) is 14.5. The normalized spacial score (nSPS) is 15.4. The zero-order valence-corrected chi connectivity index (χ0v) is 23.1. The van der Waals surface area contributed by atoms with Gasteiger partial charge in [-0.15, -0.1) is 0 Å². The minimum atomic E-state index is -1.31. The van der Waals surface area contributed by atoms with E-state index in [1.807, 2.05) is 6.07 Å². The van der Waals surface area contributed by atoms with Gasteiger partial charge in [-0.05, 0) is 56.9 Å². The summed E-state index contributed by atoms with van der Waals surface area (Å²) in [5.74, 6) is -2.64. The lowest BCUT2D eigenvalue weighted by molar-refractivity contribution is -0.226. The third-order valence-corrected chi connectivity index (χ3v) is 5.83. The molecule has 0 aliphatic carbocycles. The van der Waals surface area contributed by atoms with Crippen molar-refractivity contribution < 1.29 is 38.2 Å². The summed E-state index contributed by atoms with van der Waals surface area (Å²) in [5, 5.41) is 4.03. The van der Waals surface area contributed by atoms with Gasteiger partial charge in [0.15, 0.2) is 0 Å². The van der Waals surface area contributed by atoms with Crippen LogP contribution in [0.2, 0.25) is 0 Å². The number of benzene rings is 2. The molecule has 2 unspecified atom stereocenters. The summed E-state index contributed by atoms with van der Waals surface area (Å²) in [6, 6.07) is 13.7. The Kier molecular flexibility index (Phi) is 11.2. The molecule has 1 aliphatic heterocycles. The van der Waals surface area contributed by atoms with Crippen molar-refractivity contribution in [1.82, 2.24) is 10.4 Å². The van der Waals surface area contributed by atoms with Crippen molar-refractivity contribution in [2.45, 2.75) is 64.4 Å². The van der Waals surface area contributed by atoms with Crippen molar-refractivity contribution in [3.8, 4) is 0 Å². The summed E-state index contributed by atoms with van der Waals surface area (Å²) >= 11 is 0. The fourth-order valence-electron chi connectivity index (χ4n) is 3.89. The Morgan fingerprint density at radius 3 is 2.30 bits per heavy atom. The molecule has 0 bridgehead atoms. The molecular weight excluding hydrogens is 518 g/mol. The fourth-order valence-corrected chi connectivity index (χ4v) is 3.89. The number of esters is 3. The van der Waals surface area contributed by atoms with Crippen molar-refractivity contribution >= 4 is 24.0 Å².